The summed E-state index contributed by atoms with van der Waals surface area (Å²) in [7, 11) is -3.73. The van der Waals surface area contributed by atoms with Gasteiger partial charge in [0.1, 0.15) is 10.7 Å². The summed E-state index contributed by atoms with van der Waals surface area (Å²) in [6, 6.07) is 3.22. The number of aromatic nitrogens is 1. The van der Waals surface area contributed by atoms with Gasteiger partial charge >= 0.3 is 18.1 Å². The summed E-state index contributed by atoms with van der Waals surface area (Å²) in [5.41, 5.74) is -0.110. The van der Waals surface area contributed by atoms with Gasteiger partial charge in [-0.2, -0.15) is 22.0 Å². The Balaban J connectivity index is 1.97. The van der Waals surface area contributed by atoms with Crippen molar-refractivity contribution >= 4 is 33.0 Å². The number of carboxylic acids is 1. The van der Waals surface area contributed by atoms with Crippen LogP contribution in [-0.2, 0) is 22.3 Å². The van der Waals surface area contributed by atoms with Crippen LogP contribution in [0, 0.1) is 0 Å². The second kappa shape index (κ2) is 8.01. The van der Waals surface area contributed by atoms with Gasteiger partial charge in [-0.3, -0.25) is 0 Å². The molecule has 170 valence electrons. The van der Waals surface area contributed by atoms with Crippen LogP contribution < -0.4 is 5.32 Å². The molecule has 1 aliphatic carbocycles. The maximum absolute atomic E-state index is 13.7. The molecule has 1 aliphatic rings. The van der Waals surface area contributed by atoms with Gasteiger partial charge in [0.2, 0.25) is 0 Å². The molecule has 31 heavy (non-hydrogen) atoms. The van der Waals surface area contributed by atoms with Gasteiger partial charge in [-0.1, -0.05) is 6.92 Å². The molecule has 2 heterocycles. The molecule has 2 aromatic heterocycles. The van der Waals surface area contributed by atoms with Gasteiger partial charge in [-0.05, 0) is 31.0 Å². The molecule has 2 aromatic rings. The molecule has 0 amide bonds. The highest BCUT2D eigenvalue weighted by atomic mass is 32.2. The molecule has 3 rings (SSSR count). The lowest BCUT2D eigenvalue weighted by atomic mass is 10.2. The van der Waals surface area contributed by atoms with Crippen LogP contribution in [0.1, 0.15) is 51.5 Å². The summed E-state index contributed by atoms with van der Waals surface area (Å²) < 4.78 is 90.1. The fourth-order valence-corrected chi connectivity index (χ4v) is 4.89. The van der Waals surface area contributed by atoms with Crippen molar-refractivity contribution in [1.29, 1.82) is 0 Å². The lowest BCUT2D eigenvalue weighted by Gasteiger charge is -2.17. The Hall–Kier alpha value is -2.28. The Morgan fingerprint density at radius 3 is 2.42 bits per heavy atom. The SMILES string of the molecule is CCS(=O)(=O)c1ccc(C2CC2)nc1NCc1sc(C(F)(F)C(F)(F)F)cc1C(=O)O. The smallest absolute Gasteiger partial charge is 0.458 e. The Morgan fingerprint density at radius 2 is 1.90 bits per heavy atom. The van der Waals surface area contributed by atoms with E-state index in [2.05, 4.69) is 10.3 Å². The zero-order valence-corrected chi connectivity index (χ0v) is 17.6. The number of nitrogens with one attached hydrogen (secondary N) is 1. The molecule has 0 aromatic carbocycles. The molecule has 0 radical (unpaired) electrons. The summed E-state index contributed by atoms with van der Waals surface area (Å²) >= 11 is -0.00771. The van der Waals surface area contributed by atoms with Crippen LogP contribution in [0.25, 0.3) is 0 Å². The topological polar surface area (TPSA) is 96.4 Å². The second-order valence-electron chi connectivity index (χ2n) is 6.94. The molecular weight excluding hydrogens is 467 g/mol. The number of thiophene rings is 1. The monoisotopic (exact) mass is 484 g/mol. The van der Waals surface area contributed by atoms with E-state index < -0.39 is 44.9 Å². The van der Waals surface area contributed by atoms with Gasteiger partial charge in [-0.25, -0.2) is 18.2 Å². The molecule has 0 bridgehead atoms. The summed E-state index contributed by atoms with van der Waals surface area (Å²) in [4.78, 5) is 13.7. The molecule has 0 spiro atoms. The summed E-state index contributed by atoms with van der Waals surface area (Å²) in [6.07, 6.45) is -4.15. The Bertz CT molecular complexity index is 1110. The van der Waals surface area contributed by atoms with E-state index in [0.29, 0.717) is 5.69 Å². The van der Waals surface area contributed by atoms with Crippen LogP contribution in [-0.4, -0.2) is 36.4 Å². The van der Waals surface area contributed by atoms with Crippen molar-refractivity contribution in [3.05, 3.63) is 39.2 Å². The van der Waals surface area contributed by atoms with E-state index in [0.717, 1.165) is 12.8 Å². The van der Waals surface area contributed by atoms with E-state index in [9.17, 15) is 40.3 Å². The molecular formula is C18H17F5N2O4S2. The van der Waals surface area contributed by atoms with Gasteiger partial charge in [0.25, 0.3) is 0 Å². The molecule has 13 heteroatoms. The number of hydrogen-bond donors (Lipinski definition) is 2. The number of halogens is 5. The number of aromatic carboxylic acids is 1. The fourth-order valence-electron chi connectivity index (χ4n) is 2.80. The summed E-state index contributed by atoms with van der Waals surface area (Å²) in [5, 5.41) is 11.9. The van der Waals surface area contributed by atoms with Crippen molar-refractivity contribution in [3.63, 3.8) is 0 Å². The fraction of sp³-hybridized carbons (Fsp3) is 0.444. The van der Waals surface area contributed by atoms with Crippen molar-refractivity contribution < 1.29 is 40.3 Å². The van der Waals surface area contributed by atoms with E-state index in [1.807, 2.05) is 0 Å². The zero-order chi connectivity index (χ0) is 23.2. The third kappa shape index (κ3) is 4.66. The molecule has 6 nitrogen and oxygen atoms in total. The minimum absolute atomic E-state index is 0.00771. The molecule has 0 unspecified atom stereocenters. The van der Waals surface area contributed by atoms with Crippen LogP contribution in [0.4, 0.5) is 27.8 Å². The number of hydrogen-bond acceptors (Lipinski definition) is 6. The highest BCUT2D eigenvalue weighted by molar-refractivity contribution is 7.91. The van der Waals surface area contributed by atoms with Gasteiger partial charge < -0.3 is 10.4 Å². The largest absolute Gasteiger partial charge is 0.478 e. The minimum atomic E-state index is -5.89. The third-order valence-electron chi connectivity index (χ3n) is 4.71. The van der Waals surface area contributed by atoms with E-state index in [4.69, 9.17) is 0 Å². The Labute approximate surface area is 178 Å². The van der Waals surface area contributed by atoms with Crippen molar-refractivity contribution in [2.24, 2.45) is 0 Å². The third-order valence-corrected chi connectivity index (χ3v) is 7.68. The van der Waals surface area contributed by atoms with Crippen molar-refractivity contribution in [2.75, 3.05) is 11.1 Å². The first-order valence-corrected chi connectivity index (χ1v) is 11.5. The van der Waals surface area contributed by atoms with Crippen LogP contribution in [0.15, 0.2) is 23.1 Å². The van der Waals surface area contributed by atoms with E-state index in [1.165, 1.54) is 13.0 Å². The molecule has 1 saturated carbocycles. The van der Waals surface area contributed by atoms with Crippen LogP contribution in [0.3, 0.4) is 0 Å². The average Bonchev–Trinajstić information content (AvgIpc) is 3.43. The van der Waals surface area contributed by atoms with Gasteiger partial charge in [0.05, 0.1) is 22.7 Å². The van der Waals surface area contributed by atoms with Crippen molar-refractivity contribution in [3.8, 4) is 0 Å². The Kier molecular flexibility index (Phi) is 6.04. The summed E-state index contributed by atoms with van der Waals surface area (Å²) in [5.74, 6) is -7.08. The first kappa shape index (κ1) is 23.4. The lowest BCUT2D eigenvalue weighted by Crippen LogP contribution is -2.32. The number of carbonyl (C=O) groups is 1. The predicted octanol–water partition coefficient (Wildman–Crippen LogP) is 4.78. The number of nitrogens with zero attached hydrogens (tertiary/aromatic N) is 1. The van der Waals surface area contributed by atoms with Crippen molar-refractivity contribution in [1.82, 2.24) is 4.98 Å². The van der Waals surface area contributed by atoms with Crippen molar-refractivity contribution in [2.45, 2.75) is 49.2 Å². The highest BCUT2D eigenvalue weighted by Gasteiger charge is 2.60. The standard InChI is InChI=1S/C18H17F5N2O4S2/c1-2-31(28,29)13-6-5-11(9-3-4-9)25-15(13)24-8-12-10(16(26)27)7-14(30-12)17(19,20)18(21,22)23/h5-7,9H,2-4,8H2,1H3,(H,24,25)(H,26,27). The predicted molar refractivity (Wildman–Crippen MR) is 102 cm³/mol. The van der Waals surface area contributed by atoms with Crippen LogP contribution >= 0.6 is 11.3 Å². The molecule has 2 N–H and O–H groups in total. The zero-order valence-electron chi connectivity index (χ0n) is 16.0. The molecule has 0 atom stereocenters. The average molecular weight is 484 g/mol. The molecule has 0 saturated heterocycles. The van der Waals surface area contributed by atoms with E-state index in [-0.39, 0.29) is 44.7 Å². The summed E-state index contributed by atoms with van der Waals surface area (Å²) in [6.45, 7) is 0.925. The number of sulfone groups is 1. The van der Waals surface area contributed by atoms with Gasteiger partial charge in [0.15, 0.2) is 9.84 Å². The number of carboxylic acid groups (broad SMARTS) is 1. The first-order valence-electron chi connectivity index (χ1n) is 9.06. The molecule has 1 fully saturated rings. The van der Waals surface area contributed by atoms with E-state index >= 15 is 0 Å². The quantitative estimate of drug-likeness (QED) is 0.524. The minimum Gasteiger partial charge on any atom is -0.478 e. The Morgan fingerprint density at radius 1 is 1.26 bits per heavy atom. The maximum Gasteiger partial charge on any atom is 0.458 e. The van der Waals surface area contributed by atoms with Crippen LogP contribution in [0.5, 0.6) is 0 Å². The second-order valence-corrected chi connectivity index (χ2v) is 10.3. The number of rotatable bonds is 8. The number of alkyl halides is 5. The van der Waals surface area contributed by atoms with E-state index in [1.54, 1.807) is 6.07 Å². The highest BCUT2D eigenvalue weighted by Crippen LogP contribution is 2.47. The van der Waals surface area contributed by atoms with Gasteiger partial charge in [0, 0.05) is 16.5 Å². The molecule has 0 aliphatic heterocycles. The number of pyridine rings is 1. The number of anilines is 1. The van der Waals surface area contributed by atoms with Gasteiger partial charge in [-0.15, -0.1) is 11.3 Å². The maximum atomic E-state index is 13.7. The normalized spacial score (nSPS) is 15.2. The first-order chi connectivity index (χ1) is 14.3. The van der Waals surface area contributed by atoms with Crippen LogP contribution in [0.2, 0.25) is 0 Å². The lowest BCUT2D eigenvalue weighted by molar-refractivity contribution is -0.287.